The maximum Gasteiger partial charge on any atom is 0.153 e. The SMILES string of the molecule is CC.Cc1nc2c(F)c(C)ccc2s1. The predicted octanol–water partition coefficient (Wildman–Crippen LogP) is 4.08. The topological polar surface area (TPSA) is 12.9 Å². The molecular formula is C11H14FNS. The molecule has 1 heterocycles. The summed E-state index contributed by atoms with van der Waals surface area (Å²) in [6.45, 7) is 7.64. The standard InChI is InChI=1S/C9H8FNS.C2H6/c1-5-3-4-7-9(8(5)10)11-6(2)12-7;1-2/h3-4H,1-2H3;1-2H3. The van der Waals surface area contributed by atoms with Crippen molar-refractivity contribution in [2.24, 2.45) is 0 Å². The van der Waals surface area contributed by atoms with Gasteiger partial charge in [0.15, 0.2) is 5.82 Å². The van der Waals surface area contributed by atoms with Crippen molar-refractivity contribution in [3.05, 3.63) is 28.5 Å². The summed E-state index contributed by atoms with van der Waals surface area (Å²) in [5, 5.41) is 0.912. The fraction of sp³-hybridized carbons (Fsp3) is 0.364. The minimum atomic E-state index is -0.183. The fourth-order valence-corrected chi connectivity index (χ4v) is 2.00. The molecule has 0 unspecified atom stereocenters. The summed E-state index contributed by atoms with van der Waals surface area (Å²) < 4.78 is 14.3. The van der Waals surface area contributed by atoms with Crippen LogP contribution in [0.1, 0.15) is 24.4 Å². The highest BCUT2D eigenvalue weighted by atomic mass is 32.1. The quantitative estimate of drug-likeness (QED) is 0.640. The maximum atomic E-state index is 13.4. The zero-order valence-corrected chi connectivity index (χ0v) is 9.70. The zero-order chi connectivity index (χ0) is 10.7. The van der Waals surface area contributed by atoms with Crippen molar-refractivity contribution >= 4 is 21.6 Å². The summed E-state index contributed by atoms with van der Waals surface area (Å²) in [6.07, 6.45) is 0. The van der Waals surface area contributed by atoms with Crippen LogP contribution in [0.5, 0.6) is 0 Å². The third-order valence-corrected chi connectivity index (χ3v) is 2.74. The molecule has 0 aliphatic heterocycles. The van der Waals surface area contributed by atoms with Crippen LogP contribution in [0.2, 0.25) is 0 Å². The zero-order valence-electron chi connectivity index (χ0n) is 8.89. The van der Waals surface area contributed by atoms with E-state index in [0.29, 0.717) is 11.1 Å². The molecule has 0 radical (unpaired) electrons. The number of halogens is 1. The molecule has 0 aliphatic carbocycles. The first kappa shape index (κ1) is 11.1. The Morgan fingerprint density at radius 2 is 1.86 bits per heavy atom. The molecule has 0 fully saturated rings. The van der Waals surface area contributed by atoms with Crippen LogP contribution in [0.15, 0.2) is 12.1 Å². The van der Waals surface area contributed by atoms with Crippen molar-refractivity contribution in [2.75, 3.05) is 0 Å². The molecule has 0 amide bonds. The van der Waals surface area contributed by atoms with Gasteiger partial charge in [0, 0.05) is 0 Å². The number of benzene rings is 1. The van der Waals surface area contributed by atoms with Gasteiger partial charge in [-0.15, -0.1) is 11.3 Å². The molecule has 0 saturated carbocycles. The number of aryl methyl sites for hydroxylation is 2. The highest BCUT2D eigenvalue weighted by molar-refractivity contribution is 7.18. The van der Waals surface area contributed by atoms with Gasteiger partial charge in [0.1, 0.15) is 5.52 Å². The van der Waals surface area contributed by atoms with E-state index in [1.165, 1.54) is 11.3 Å². The summed E-state index contributed by atoms with van der Waals surface area (Å²) in [5.74, 6) is -0.183. The first-order chi connectivity index (χ1) is 6.68. The van der Waals surface area contributed by atoms with Gasteiger partial charge in [-0.25, -0.2) is 9.37 Å². The normalized spacial score (nSPS) is 9.79. The van der Waals surface area contributed by atoms with Crippen LogP contribution in [0, 0.1) is 19.7 Å². The minimum Gasteiger partial charge on any atom is -0.238 e. The number of nitrogens with zero attached hydrogens (tertiary/aromatic N) is 1. The van der Waals surface area contributed by atoms with Gasteiger partial charge >= 0.3 is 0 Å². The van der Waals surface area contributed by atoms with Crippen molar-refractivity contribution in [2.45, 2.75) is 27.7 Å². The minimum absolute atomic E-state index is 0.183. The number of thiazole rings is 1. The van der Waals surface area contributed by atoms with Gasteiger partial charge < -0.3 is 0 Å². The molecule has 2 aromatic rings. The Morgan fingerprint density at radius 3 is 2.50 bits per heavy atom. The van der Waals surface area contributed by atoms with Crippen LogP contribution in [-0.4, -0.2) is 4.98 Å². The highest BCUT2D eigenvalue weighted by Crippen LogP contribution is 2.25. The third kappa shape index (κ3) is 1.93. The van der Waals surface area contributed by atoms with Gasteiger partial charge in [-0.1, -0.05) is 19.9 Å². The molecule has 0 aliphatic rings. The summed E-state index contributed by atoms with van der Waals surface area (Å²) in [7, 11) is 0. The maximum absolute atomic E-state index is 13.4. The van der Waals surface area contributed by atoms with E-state index in [1.54, 1.807) is 13.0 Å². The molecule has 3 heteroatoms. The molecule has 0 atom stereocenters. The average Bonchev–Trinajstić information content (AvgIpc) is 2.57. The van der Waals surface area contributed by atoms with Crippen LogP contribution in [0.4, 0.5) is 4.39 Å². The first-order valence-corrected chi connectivity index (χ1v) is 5.52. The predicted molar refractivity (Wildman–Crippen MR) is 60.4 cm³/mol. The van der Waals surface area contributed by atoms with E-state index in [0.717, 1.165) is 9.71 Å². The van der Waals surface area contributed by atoms with Gasteiger partial charge in [0.25, 0.3) is 0 Å². The van der Waals surface area contributed by atoms with Crippen LogP contribution in [0.3, 0.4) is 0 Å². The van der Waals surface area contributed by atoms with E-state index in [2.05, 4.69) is 4.98 Å². The highest BCUT2D eigenvalue weighted by Gasteiger charge is 2.07. The van der Waals surface area contributed by atoms with Crippen molar-refractivity contribution in [1.82, 2.24) is 4.98 Å². The second kappa shape index (κ2) is 4.51. The number of hydrogen-bond donors (Lipinski definition) is 0. The van der Waals surface area contributed by atoms with Crippen molar-refractivity contribution < 1.29 is 4.39 Å². The smallest absolute Gasteiger partial charge is 0.153 e. The second-order valence-corrected chi connectivity index (χ2v) is 4.01. The molecule has 14 heavy (non-hydrogen) atoms. The Hall–Kier alpha value is -0.960. The second-order valence-electron chi connectivity index (χ2n) is 2.78. The third-order valence-electron chi connectivity index (χ3n) is 1.80. The largest absolute Gasteiger partial charge is 0.238 e. The van der Waals surface area contributed by atoms with E-state index < -0.39 is 0 Å². The van der Waals surface area contributed by atoms with Gasteiger partial charge in [-0.2, -0.15) is 0 Å². The molecule has 0 spiro atoms. The lowest BCUT2D eigenvalue weighted by atomic mass is 10.2. The van der Waals surface area contributed by atoms with Gasteiger partial charge in [-0.05, 0) is 25.5 Å². The van der Waals surface area contributed by atoms with Crippen molar-refractivity contribution in [3.8, 4) is 0 Å². The number of hydrogen-bond acceptors (Lipinski definition) is 2. The Kier molecular flexibility index (Phi) is 3.58. The van der Waals surface area contributed by atoms with E-state index in [1.807, 2.05) is 26.8 Å². The van der Waals surface area contributed by atoms with Crippen molar-refractivity contribution in [1.29, 1.82) is 0 Å². The molecule has 0 bridgehead atoms. The van der Waals surface area contributed by atoms with Crippen LogP contribution >= 0.6 is 11.3 Å². The lowest BCUT2D eigenvalue weighted by Gasteiger charge is -1.94. The van der Waals surface area contributed by atoms with Crippen LogP contribution in [-0.2, 0) is 0 Å². The molecule has 0 saturated heterocycles. The summed E-state index contributed by atoms with van der Waals surface area (Å²) in [6, 6.07) is 3.70. The number of aromatic nitrogens is 1. The van der Waals surface area contributed by atoms with Crippen LogP contribution in [0.25, 0.3) is 10.2 Å². The molecular weight excluding hydrogens is 197 g/mol. The lowest BCUT2D eigenvalue weighted by Crippen LogP contribution is -1.82. The average molecular weight is 211 g/mol. The Morgan fingerprint density at radius 1 is 1.21 bits per heavy atom. The van der Waals surface area contributed by atoms with Gasteiger partial charge in [0.05, 0.1) is 9.71 Å². The fourth-order valence-electron chi connectivity index (χ4n) is 1.17. The van der Waals surface area contributed by atoms with E-state index in [9.17, 15) is 4.39 Å². The summed E-state index contributed by atoms with van der Waals surface area (Å²) in [4.78, 5) is 4.12. The molecule has 1 aromatic carbocycles. The Bertz CT molecular complexity index is 434. The lowest BCUT2D eigenvalue weighted by molar-refractivity contribution is 0.628. The van der Waals surface area contributed by atoms with E-state index >= 15 is 0 Å². The van der Waals surface area contributed by atoms with E-state index in [-0.39, 0.29) is 5.82 Å². The monoisotopic (exact) mass is 211 g/mol. The first-order valence-electron chi connectivity index (χ1n) is 4.71. The molecule has 0 N–H and O–H groups in total. The number of rotatable bonds is 0. The van der Waals surface area contributed by atoms with Gasteiger partial charge in [-0.3, -0.25) is 0 Å². The molecule has 76 valence electrons. The van der Waals surface area contributed by atoms with Crippen LogP contribution < -0.4 is 0 Å². The van der Waals surface area contributed by atoms with E-state index in [4.69, 9.17) is 0 Å². The molecule has 1 aromatic heterocycles. The molecule has 1 nitrogen and oxygen atoms in total. The van der Waals surface area contributed by atoms with Crippen molar-refractivity contribution in [3.63, 3.8) is 0 Å². The summed E-state index contributed by atoms with van der Waals surface area (Å²) >= 11 is 1.52. The Labute approximate surface area is 87.6 Å². The number of fused-ring (bicyclic) bond motifs is 1. The molecule has 2 rings (SSSR count). The Balaban J connectivity index is 0.000000461. The summed E-state index contributed by atoms with van der Waals surface area (Å²) in [5.41, 5.74) is 1.17. The van der Waals surface area contributed by atoms with Gasteiger partial charge in [0.2, 0.25) is 0 Å².